The summed E-state index contributed by atoms with van der Waals surface area (Å²) in [5.41, 5.74) is 0.475. The van der Waals surface area contributed by atoms with Crippen molar-refractivity contribution in [2.45, 2.75) is 31.1 Å². The van der Waals surface area contributed by atoms with Crippen molar-refractivity contribution in [3.05, 3.63) is 28.8 Å². The SMILES string of the molecule is CCC1(CNS(=O)(=O)c2ccc(C#N)cc2Cl)CC1. The smallest absolute Gasteiger partial charge is 0.211 e. The van der Waals surface area contributed by atoms with Gasteiger partial charge >= 0.3 is 0 Å². The lowest BCUT2D eigenvalue weighted by Crippen LogP contribution is -2.30. The molecule has 1 N–H and O–H groups in total. The Labute approximate surface area is 118 Å². The van der Waals surface area contributed by atoms with Gasteiger partial charge in [0.15, 0.2) is 0 Å². The molecule has 1 aromatic carbocycles. The first kappa shape index (κ1) is 14.3. The van der Waals surface area contributed by atoms with Gasteiger partial charge in [0.1, 0.15) is 4.90 Å². The maximum Gasteiger partial charge on any atom is 0.242 e. The number of halogens is 1. The molecule has 6 heteroatoms. The van der Waals surface area contributed by atoms with Gasteiger partial charge in [-0.2, -0.15) is 5.26 Å². The number of nitrogens with zero attached hydrogens (tertiary/aromatic N) is 1. The van der Waals surface area contributed by atoms with Crippen molar-refractivity contribution in [2.75, 3.05) is 6.54 Å². The van der Waals surface area contributed by atoms with Gasteiger partial charge < -0.3 is 0 Å². The van der Waals surface area contributed by atoms with Gasteiger partial charge in [0.25, 0.3) is 0 Å². The van der Waals surface area contributed by atoms with Crippen LogP contribution >= 0.6 is 11.6 Å². The Morgan fingerprint density at radius 3 is 2.63 bits per heavy atom. The van der Waals surface area contributed by atoms with Crippen LogP contribution in [0.2, 0.25) is 5.02 Å². The Morgan fingerprint density at radius 2 is 2.16 bits per heavy atom. The summed E-state index contributed by atoms with van der Waals surface area (Å²) in [6.07, 6.45) is 3.09. The summed E-state index contributed by atoms with van der Waals surface area (Å²) in [6.45, 7) is 2.51. The van der Waals surface area contributed by atoms with E-state index in [-0.39, 0.29) is 15.3 Å². The molecule has 4 nitrogen and oxygen atoms in total. The van der Waals surface area contributed by atoms with E-state index < -0.39 is 10.0 Å². The summed E-state index contributed by atoms with van der Waals surface area (Å²) in [5, 5.41) is 8.81. The van der Waals surface area contributed by atoms with E-state index in [1.165, 1.54) is 18.2 Å². The normalized spacial score (nSPS) is 16.9. The van der Waals surface area contributed by atoms with Crippen molar-refractivity contribution in [3.8, 4) is 6.07 Å². The minimum atomic E-state index is -3.61. The lowest BCUT2D eigenvalue weighted by atomic mass is 10.1. The van der Waals surface area contributed by atoms with E-state index in [0.29, 0.717) is 12.1 Å². The summed E-state index contributed by atoms with van der Waals surface area (Å²) < 4.78 is 26.9. The maximum atomic E-state index is 12.2. The van der Waals surface area contributed by atoms with Gasteiger partial charge in [-0.05, 0) is 42.9 Å². The summed E-state index contributed by atoms with van der Waals surface area (Å²) in [4.78, 5) is 0.0278. The molecule has 102 valence electrons. The minimum absolute atomic E-state index is 0.0278. The third-order valence-corrected chi connectivity index (χ3v) is 5.58. The van der Waals surface area contributed by atoms with Crippen LogP contribution in [0, 0.1) is 16.7 Å². The molecule has 1 aromatic rings. The number of nitrogens with one attached hydrogen (secondary N) is 1. The molecule has 1 fully saturated rings. The number of rotatable bonds is 5. The zero-order valence-corrected chi connectivity index (χ0v) is 12.2. The minimum Gasteiger partial charge on any atom is -0.211 e. The van der Waals surface area contributed by atoms with Gasteiger partial charge in [-0.25, -0.2) is 13.1 Å². The Balaban J connectivity index is 2.18. The Morgan fingerprint density at radius 1 is 1.47 bits per heavy atom. The van der Waals surface area contributed by atoms with Crippen molar-refractivity contribution in [3.63, 3.8) is 0 Å². The zero-order valence-electron chi connectivity index (χ0n) is 10.6. The third kappa shape index (κ3) is 3.08. The van der Waals surface area contributed by atoms with Gasteiger partial charge in [-0.3, -0.25) is 0 Å². The van der Waals surface area contributed by atoms with Crippen LogP contribution in [0.3, 0.4) is 0 Å². The predicted octanol–water partition coefficient (Wildman–Crippen LogP) is 2.68. The zero-order chi connectivity index (χ0) is 14.1. The molecule has 0 unspecified atom stereocenters. The monoisotopic (exact) mass is 298 g/mol. The van der Waals surface area contributed by atoms with E-state index in [2.05, 4.69) is 11.6 Å². The molecule has 1 aliphatic rings. The molecular weight excluding hydrogens is 284 g/mol. The van der Waals surface area contributed by atoms with Crippen LogP contribution in [0.15, 0.2) is 23.1 Å². The first-order valence-electron chi connectivity index (χ1n) is 6.12. The number of sulfonamides is 1. The van der Waals surface area contributed by atoms with E-state index in [4.69, 9.17) is 16.9 Å². The first-order chi connectivity index (χ1) is 8.92. The van der Waals surface area contributed by atoms with Crippen molar-refractivity contribution >= 4 is 21.6 Å². The molecule has 2 rings (SSSR count). The molecule has 1 aliphatic carbocycles. The van der Waals surface area contributed by atoms with Crippen LogP contribution in [-0.4, -0.2) is 15.0 Å². The molecule has 0 radical (unpaired) electrons. The highest BCUT2D eigenvalue weighted by atomic mass is 35.5. The molecule has 0 amide bonds. The summed E-state index contributed by atoms with van der Waals surface area (Å²) >= 11 is 5.92. The number of hydrogen-bond donors (Lipinski definition) is 1. The lowest BCUT2D eigenvalue weighted by molar-refractivity contribution is 0.475. The van der Waals surface area contributed by atoms with Gasteiger partial charge in [0, 0.05) is 6.54 Å². The molecule has 0 bridgehead atoms. The van der Waals surface area contributed by atoms with E-state index >= 15 is 0 Å². The highest BCUT2D eigenvalue weighted by Gasteiger charge is 2.41. The summed E-state index contributed by atoms with van der Waals surface area (Å²) in [5.74, 6) is 0. The van der Waals surface area contributed by atoms with E-state index in [1.807, 2.05) is 6.07 Å². The van der Waals surface area contributed by atoms with Crippen molar-refractivity contribution in [1.29, 1.82) is 5.26 Å². The summed E-state index contributed by atoms with van der Waals surface area (Å²) in [7, 11) is -3.61. The highest BCUT2D eigenvalue weighted by Crippen LogP contribution is 2.48. The fraction of sp³-hybridized carbons (Fsp3) is 0.462. The number of hydrogen-bond acceptors (Lipinski definition) is 3. The maximum absolute atomic E-state index is 12.2. The van der Waals surface area contributed by atoms with Crippen molar-refractivity contribution < 1.29 is 8.42 Å². The van der Waals surface area contributed by atoms with Gasteiger partial charge in [0.05, 0.1) is 16.7 Å². The average molecular weight is 299 g/mol. The Bertz CT molecular complexity index is 631. The molecule has 0 aliphatic heterocycles. The highest BCUT2D eigenvalue weighted by molar-refractivity contribution is 7.89. The van der Waals surface area contributed by atoms with Crippen molar-refractivity contribution in [2.24, 2.45) is 5.41 Å². The number of nitriles is 1. The van der Waals surface area contributed by atoms with E-state index in [1.54, 1.807) is 0 Å². The second-order valence-electron chi connectivity index (χ2n) is 4.94. The van der Waals surface area contributed by atoms with Crippen LogP contribution < -0.4 is 4.72 Å². The molecule has 0 atom stereocenters. The van der Waals surface area contributed by atoms with Crippen LogP contribution in [0.5, 0.6) is 0 Å². The molecular formula is C13H15ClN2O2S. The second-order valence-corrected chi connectivity index (χ2v) is 7.08. The fourth-order valence-corrected chi connectivity index (χ4v) is 3.65. The Hall–Kier alpha value is -1.09. The summed E-state index contributed by atoms with van der Waals surface area (Å²) in [6, 6.07) is 6.11. The topological polar surface area (TPSA) is 70.0 Å². The quantitative estimate of drug-likeness (QED) is 0.908. The van der Waals surface area contributed by atoms with Crippen molar-refractivity contribution in [1.82, 2.24) is 4.72 Å². The molecule has 0 heterocycles. The van der Waals surface area contributed by atoms with Crippen LogP contribution in [-0.2, 0) is 10.0 Å². The average Bonchev–Trinajstić information content (AvgIpc) is 3.17. The molecule has 0 saturated heterocycles. The second kappa shape index (κ2) is 5.12. The number of benzene rings is 1. The molecule has 0 aromatic heterocycles. The van der Waals surface area contributed by atoms with Crippen LogP contribution in [0.25, 0.3) is 0 Å². The van der Waals surface area contributed by atoms with Crippen LogP contribution in [0.4, 0.5) is 0 Å². The van der Waals surface area contributed by atoms with Crippen LogP contribution in [0.1, 0.15) is 31.7 Å². The van der Waals surface area contributed by atoms with Gasteiger partial charge in [-0.15, -0.1) is 0 Å². The van der Waals surface area contributed by atoms with E-state index in [9.17, 15) is 8.42 Å². The first-order valence-corrected chi connectivity index (χ1v) is 7.98. The van der Waals surface area contributed by atoms with Gasteiger partial charge in [-0.1, -0.05) is 18.5 Å². The van der Waals surface area contributed by atoms with E-state index in [0.717, 1.165) is 19.3 Å². The molecule has 19 heavy (non-hydrogen) atoms. The lowest BCUT2D eigenvalue weighted by Gasteiger charge is -2.14. The predicted molar refractivity (Wildman–Crippen MR) is 73.3 cm³/mol. The largest absolute Gasteiger partial charge is 0.242 e. The molecule has 1 saturated carbocycles. The molecule has 0 spiro atoms. The Kier molecular flexibility index (Phi) is 3.86. The third-order valence-electron chi connectivity index (χ3n) is 3.69. The standard InChI is InChI=1S/C13H15ClN2O2S/c1-2-13(5-6-13)9-16-19(17,18)12-4-3-10(8-15)7-11(12)14/h3-4,7,16H,2,5-6,9H2,1H3. The fourth-order valence-electron chi connectivity index (χ4n) is 1.95. The van der Waals surface area contributed by atoms with Gasteiger partial charge in [0.2, 0.25) is 10.0 Å².